The maximum absolute atomic E-state index is 5.31. The van der Waals surface area contributed by atoms with E-state index >= 15 is 0 Å². The monoisotopic (exact) mass is 190 g/mol. The zero-order chi connectivity index (χ0) is 10.2. The molecule has 0 bridgehead atoms. The van der Waals surface area contributed by atoms with Crippen molar-refractivity contribution in [2.75, 3.05) is 18.4 Å². The van der Waals surface area contributed by atoms with Crippen LogP contribution in [0.2, 0.25) is 0 Å². The lowest BCUT2D eigenvalue weighted by Crippen LogP contribution is -2.01. The minimum Gasteiger partial charge on any atom is -0.355 e. The lowest BCUT2D eigenvalue weighted by Gasteiger charge is -1.98. The van der Waals surface area contributed by atoms with Crippen LogP contribution in [-0.4, -0.2) is 23.1 Å². The van der Waals surface area contributed by atoms with Crippen molar-refractivity contribution in [3.8, 4) is 11.8 Å². The van der Waals surface area contributed by atoms with Crippen LogP contribution >= 0.6 is 0 Å². The molecular weight excluding hydrogens is 176 g/mol. The summed E-state index contributed by atoms with van der Waals surface area (Å²) in [5.41, 5.74) is 6.13. The molecule has 0 spiro atoms. The smallest absolute Gasteiger partial charge is 0.222 e. The maximum Gasteiger partial charge on any atom is 0.222 e. The Morgan fingerprint density at radius 1 is 1.43 bits per heavy atom. The van der Waals surface area contributed by atoms with Gasteiger partial charge in [0.15, 0.2) is 0 Å². The largest absolute Gasteiger partial charge is 0.355 e. The standard InChI is InChI=1S/C10H14N4/c1-2-12-10-13-7-9(8-14-10)5-3-4-6-11/h7-8H,2,4,6,11H2,1H3,(H,12,13,14). The molecule has 3 N–H and O–H groups in total. The Morgan fingerprint density at radius 3 is 2.71 bits per heavy atom. The molecule has 4 heteroatoms. The lowest BCUT2D eigenvalue weighted by atomic mass is 10.3. The Hall–Kier alpha value is -1.60. The molecule has 0 saturated carbocycles. The Balaban J connectivity index is 2.60. The highest BCUT2D eigenvalue weighted by atomic mass is 15.1. The van der Waals surface area contributed by atoms with Gasteiger partial charge in [0.2, 0.25) is 5.95 Å². The van der Waals surface area contributed by atoms with Crippen LogP contribution < -0.4 is 11.1 Å². The zero-order valence-corrected chi connectivity index (χ0v) is 8.25. The molecule has 74 valence electrons. The molecule has 1 aromatic rings. The second kappa shape index (κ2) is 5.95. The Morgan fingerprint density at radius 2 is 2.14 bits per heavy atom. The van der Waals surface area contributed by atoms with Crippen molar-refractivity contribution in [3.63, 3.8) is 0 Å². The quantitative estimate of drug-likeness (QED) is 0.685. The molecule has 0 atom stereocenters. The van der Waals surface area contributed by atoms with E-state index in [1.54, 1.807) is 12.4 Å². The van der Waals surface area contributed by atoms with Crippen LogP contribution in [0.3, 0.4) is 0 Å². The lowest BCUT2D eigenvalue weighted by molar-refractivity contribution is 1.03. The first-order valence-corrected chi connectivity index (χ1v) is 4.61. The first-order chi connectivity index (χ1) is 6.86. The van der Waals surface area contributed by atoms with Crippen molar-refractivity contribution in [3.05, 3.63) is 18.0 Å². The van der Waals surface area contributed by atoms with Crippen LogP contribution in [0, 0.1) is 11.8 Å². The fourth-order valence-electron chi connectivity index (χ4n) is 0.879. The fourth-order valence-corrected chi connectivity index (χ4v) is 0.879. The minimum absolute atomic E-state index is 0.587. The first kappa shape index (κ1) is 10.5. The topological polar surface area (TPSA) is 63.8 Å². The average Bonchev–Trinajstić information content (AvgIpc) is 2.21. The number of rotatable bonds is 3. The predicted octanol–water partition coefficient (Wildman–Crippen LogP) is 0.609. The molecule has 0 fully saturated rings. The van der Waals surface area contributed by atoms with Gasteiger partial charge in [0.05, 0.1) is 5.56 Å². The molecule has 1 heterocycles. The van der Waals surface area contributed by atoms with E-state index in [1.165, 1.54) is 0 Å². The molecule has 0 aromatic carbocycles. The molecule has 0 unspecified atom stereocenters. The van der Waals surface area contributed by atoms with Gasteiger partial charge in [-0.25, -0.2) is 9.97 Å². The fraction of sp³-hybridized carbons (Fsp3) is 0.400. The number of anilines is 1. The van der Waals surface area contributed by atoms with Crippen molar-refractivity contribution >= 4 is 5.95 Å². The van der Waals surface area contributed by atoms with E-state index in [-0.39, 0.29) is 0 Å². The van der Waals surface area contributed by atoms with Crippen molar-refractivity contribution < 1.29 is 0 Å². The summed E-state index contributed by atoms with van der Waals surface area (Å²) in [6.07, 6.45) is 4.11. The summed E-state index contributed by atoms with van der Waals surface area (Å²) >= 11 is 0. The van der Waals surface area contributed by atoms with Gasteiger partial charge in [0.25, 0.3) is 0 Å². The number of hydrogen-bond donors (Lipinski definition) is 2. The molecule has 1 rings (SSSR count). The van der Waals surface area contributed by atoms with E-state index in [0.29, 0.717) is 18.9 Å². The summed E-state index contributed by atoms with van der Waals surface area (Å²) in [6.45, 7) is 3.40. The van der Waals surface area contributed by atoms with Crippen LogP contribution in [0.4, 0.5) is 5.95 Å². The summed E-state index contributed by atoms with van der Waals surface area (Å²) in [4.78, 5) is 8.18. The van der Waals surface area contributed by atoms with Gasteiger partial charge in [-0.1, -0.05) is 11.8 Å². The number of hydrogen-bond acceptors (Lipinski definition) is 4. The average molecular weight is 190 g/mol. The highest BCUT2D eigenvalue weighted by Crippen LogP contribution is 1.97. The van der Waals surface area contributed by atoms with Crippen molar-refractivity contribution in [1.82, 2.24) is 9.97 Å². The van der Waals surface area contributed by atoms with Gasteiger partial charge in [0, 0.05) is 31.9 Å². The van der Waals surface area contributed by atoms with Gasteiger partial charge in [-0.05, 0) is 6.92 Å². The van der Waals surface area contributed by atoms with Gasteiger partial charge < -0.3 is 11.1 Å². The molecular formula is C10H14N4. The number of nitrogens with two attached hydrogens (primary N) is 1. The molecule has 0 radical (unpaired) electrons. The second-order valence-electron chi connectivity index (χ2n) is 2.67. The molecule has 0 aliphatic carbocycles. The summed E-state index contributed by atoms with van der Waals surface area (Å²) in [5, 5.41) is 3.01. The Labute approximate surface area is 83.9 Å². The molecule has 0 aliphatic heterocycles. The van der Waals surface area contributed by atoms with Crippen molar-refractivity contribution in [2.45, 2.75) is 13.3 Å². The van der Waals surface area contributed by atoms with Gasteiger partial charge in [-0.15, -0.1) is 0 Å². The SMILES string of the molecule is CCNc1ncc(C#CCCN)cn1. The van der Waals surface area contributed by atoms with Gasteiger partial charge >= 0.3 is 0 Å². The highest BCUT2D eigenvalue weighted by molar-refractivity contribution is 5.33. The minimum atomic E-state index is 0.587. The van der Waals surface area contributed by atoms with Gasteiger partial charge in [0.1, 0.15) is 0 Å². The Kier molecular flexibility index (Phi) is 4.45. The van der Waals surface area contributed by atoms with E-state index in [0.717, 1.165) is 12.1 Å². The number of nitrogens with zero attached hydrogens (tertiary/aromatic N) is 2. The van der Waals surface area contributed by atoms with E-state index < -0.39 is 0 Å². The highest BCUT2D eigenvalue weighted by Gasteiger charge is 1.91. The van der Waals surface area contributed by atoms with Crippen LogP contribution in [-0.2, 0) is 0 Å². The van der Waals surface area contributed by atoms with Crippen LogP contribution in [0.15, 0.2) is 12.4 Å². The molecule has 0 aliphatic rings. The molecule has 4 nitrogen and oxygen atoms in total. The normalized spacial score (nSPS) is 9.00. The predicted molar refractivity (Wildman–Crippen MR) is 56.7 cm³/mol. The Bertz CT molecular complexity index is 320. The van der Waals surface area contributed by atoms with E-state index in [1.807, 2.05) is 6.92 Å². The van der Waals surface area contributed by atoms with Crippen LogP contribution in [0.1, 0.15) is 18.9 Å². The van der Waals surface area contributed by atoms with E-state index in [9.17, 15) is 0 Å². The molecule has 14 heavy (non-hydrogen) atoms. The van der Waals surface area contributed by atoms with Crippen LogP contribution in [0.25, 0.3) is 0 Å². The van der Waals surface area contributed by atoms with E-state index in [4.69, 9.17) is 5.73 Å². The molecule has 1 aromatic heterocycles. The van der Waals surface area contributed by atoms with E-state index in [2.05, 4.69) is 27.1 Å². The summed E-state index contributed by atoms with van der Waals surface area (Å²) < 4.78 is 0. The summed E-state index contributed by atoms with van der Waals surface area (Å²) in [6, 6.07) is 0. The third-order valence-electron chi connectivity index (χ3n) is 1.49. The summed E-state index contributed by atoms with van der Waals surface area (Å²) in [7, 11) is 0. The van der Waals surface area contributed by atoms with Gasteiger partial charge in [-0.3, -0.25) is 0 Å². The zero-order valence-electron chi connectivity index (χ0n) is 8.25. The number of aromatic nitrogens is 2. The molecule has 0 amide bonds. The summed E-state index contributed by atoms with van der Waals surface area (Å²) in [5.74, 6) is 6.50. The third kappa shape index (κ3) is 3.42. The van der Waals surface area contributed by atoms with Crippen molar-refractivity contribution in [2.24, 2.45) is 5.73 Å². The van der Waals surface area contributed by atoms with Crippen molar-refractivity contribution in [1.29, 1.82) is 0 Å². The third-order valence-corrected chi connectivity index (χ3v) is 1.49. The maximum atomic E-state index is 5.31. The second-order valence-corrected chi connectivity index (χ2v) is 2.67. The van der Waals surface area contributed by atoms with Gasteiger partial charge in [-0.2, -0.15) is 0 Å². The molecule has 0 saturated heterocycles. The van der Waals surface area contributed by atoms with Crippen LogP contribution in [0.5, 0.6) is 0 Å². The number of nitrogens with one attached hydrogen (secondary N) is 1. The first-order valence-electron chi connectivity index (χ1n) is 4.61.